The molecule has 5 rings (SSSR count). The molecule has 21 nitrogen and oxygen atoms in total. The Kier molecular flexibility index (Phi) is 27.2. The highest BCUT2D eigenvalue weighted by Crippen LogP contribution is 2.20. The van der Waals surface area contributed by atoms with Crippen LogP contribution in [0.4, 0.5) is 0 Å². The number of ketones is 2. The fourth-order valence-electron chi connectivity index (χ4n) is 8.97. The van der Waals surface area contributed by atoms with Gasteiger partial charge >= 0.3 is 0 Å². The van der Waals surface area contributed by atoms with Gasteiger partial charge in [0.05, 0.1) is 24.3 Å². The van der Waals surface area contributed by atoms with Crippen LogP contribution in [0.3, 0.4) is 0 Å². The normalized spacial score (nSPS) is 15.6. The number of unbranched alkanes of at least 4 members (excludes halogenated alkanes) is 1. The number of aliphatic hydroxyl groups excluding tert-OH is 3. The van der Waals surface area contributed by atoms with E-state index in [9.17, 15) is 53.7 Å². The number of aromatic amines is 1. The van der Waals surface area contributed by atoms with Crippen LogP contribution in [0.2, 0.25) is 0 Å². The van der Waals surface area contributed by atoms with Crippen LogP contribution in [-0.4, -0.2) is 159 Å². The highest BCUT2D eigenvalue weighted by Gasteiger charge is 2.38. The molecule has 4 aromatic carbocycles. The number of carbonyl (C=O) groups excluding carboxylic acids is 8. The van der Waals surface area contributed by atoms with Gasteiger partial charge in [-0.3, -0.25) is 33.6 Å². The van der Waals surface area contributed by atoms with Gasteiger partial charge in [-0.1, -0.05) is 109 Å². The van der Waals surface area contributed by atoms with Crippen molar-refractivity contribution >= 4 is 83.5 Å². The molecular formula is C59H78N10O11S2. The Morgan fingerprint density at radius 2 is 1.07 bits per heavy atom. The number of benzene rings is 4. The minimum absolute atomic E-state index is 0.0170. The molecule has 0 aliphatic rings. The molecule has 0 bridgehead atoms. The van der Waals surface area contributed by atoms with Gasteiger partial charge in [0.25, 0.3) is 0 Å². The zero-order valence-corrected chi connectivity index (χ0v) is 47.8. The summed E-state index contributed by atoms with van der Waals surface area (Å²) in [7, 11) is 0. The lowest BCUT2D eigenvalue weighted by Gasteiger charge is -2.28. The molecule has 0 aliphatic heterocycles. The van der Waals surface area contributed by atoms with Crippen molar-refractivity contribution in [2.75, 3.05) is 31.2 Å². The number of fused-ring (bicyclic) bond motifs is 1. The highest BCUT2D eigenvalue weighted by atomic mass is 32.1. The summed E-state index contributed by atoms with van der Waals surface area (Å²) in [5.74, 6) is -7.11. The number of Topliss-reactive ketones (excluding diaryl/α,β-unsaturated/α-hetero) is 2. The molecule has 442 valence electrons. The Hall–Kier alpha value is -6.80. The number of hydrogen-bond acceptors (Lipinski definition) is 17. The topological polar surface area (TPSA) is 335 Å². The van der Waals surface area contributed by atoms with Gasteiger partial charge in [0.1, 0.15) is 43.9 Å². The number of nitrogens with one attached hydrogen (secondary N) is 9. The van der Waals surface area contributed by atoms with Gasteiger partial charge in [0, 0.05) is 60.5 Å². The van der Waals surface area contributed by atoms with E-state index in [0.717, 1.165) is 16.5 Å². The van der Waals surface area contributed by atoms with Gasteiger partial charge in [0.2, 0.25) is 41.1 Å². The van der Waals surface area contributed by atoms with E-state index >= 15 is 0 Å². The van der Waals surface area contributed by atoms with E-state index in [0.29, 0.717) is 29.5 Å². The van der Waals surface area contributed by atoms with Gasteiger partial charge in [-0.25, -0.2) is 10.9 Å². The van der Waals surface area contributed by atoms with Gasteiger partial charge in [0.15, 0.2) is 0 Å². The zero-order valence-electron chi connectivity index (χ0n) is 47.0. The Morgan fingerprint density at radius 3 is 1.62 bits per heavy atom. The third-order valence-corrected chi connectivity index (χ3v) is 14.6. The van der Waals surface area contributed by atoms with E-state index in [1.54, 1.807) is 97.2 Å². The number of aldehydes is 1. The van der Waals surface area contributed by atoms with Crippen LogP contribution in [0.5, 0.6) is 0 Å². The first-order chi connectivity index (χ1) is 39.9. The van der Waals surface area contributed by atoms with Crippen LogP contribution in [-0.2, 0) is 64.0 Å². The van der Waals surface area contributed by atoms with Gasteiger partial charge in [-0.15, -0.1) is 0 Å². The third kappa shape index (κ3) is 20.6. The molecule has 5 amide bonds. The Bertz CT molecular complexity index is 2890. The second-order valence-electron chi connectivity index (χ2n) is 20.1. The smallest absolute Gasteiger partial charge is 0.243 e. The lowest BCUT2D eigenvalue weighted by molar-refractivity contribution is -0.142. The Labute approximate surface area is 490 Å². The summed E-state index contributed by atoms with van der Waals surface area (Å²) in [5.41, 5.74) is 15.1. The first-order valence-electron chi connectivity index (χ1n) is 27.8. The van der Waals surface area contributed by atoms with E-state index in [1.165, 1.54) is 13.8 Å². The summed E-state index contributed by atoms with van der Waals surface area (Å²) in [6, 6.07) is 23.1. The molecule has 14 N–H and O–H groups in total. The van der Waals surface area contributed by atoms with Crippen LogP contribution in [0, 0.1) is 5.92 Å². The van der Waals surface area contributed by atoms with Crippen molar-refractivity contribution in [1.82, 2.24) is 47.7 Å². The molecule has 0 radical (unpaired) electrons. The van der Waals surface area contributed by atoms with E-state index in [4.69, 9.17) is 7.10 Å². The van der Waals surface area contributed by atoms with Crippen molar-refractivity contribution < 1.29 is 55.0 Å². The summed E-state index contributed by atoms with van der Waals surface area (Å²) < 4.78 is 7.86. The number of hydrazine groups is 1. The maximum absolute atomic E-state index is 14.9. The van der Waals surface area contributed by atoms with E-state index in [-0.39, 0.29) is 56.7 Å². The summed E-state index contributed by atoms with van der Waals surface area (Å²) in [6.45, 7) is 2.43. The zero-order chi connectivity index (χ0) is 60.4. The summed E-state index contributed by atoms with van der Waals surface area (Å²) in [6.07, 6.45) is -1.20. The molecule has 11 atom stereocenters. The number of carbonyl (C=O) groups is 8. The highest BCUT2D eigenvalue weighted by molar-refractivity contribution is 7.80. The number of aliphatic hydroxyl groups is 3. The second kappa shape index (κ2) is 34.6. The molecule has 5 unspecified atom stereocenters. The number of para-hydroxylation sites is 1. The van der Waals surface area contributed by atoms with Crippen molar-refractivity contribution in [1.29, 1.82) is 0 Å². The molecule has 0 aliphatic carbocycles. The quantitative estimate of drug-likeness (QED) is 0.00839. The molecule has 82 heavy (non-hydrogen) atoms. The van der Waals surface area contributed by atoms with Crippen LogP contribution < -0.4 is 48.5 Å². The first kappa shape index (κ1) is 64.4. The molecule has 0 fully saturated rings. The number of aromatic nitrogens is 1. The summed E-state index contributed by atoms with van der Waals surface area (Å²) in [5, 5.41) is 47.7. The molecule has 1 aromatic heterocycles. The largest absolute Gasteiger partial charge is 0.396 e. The average Bonchev–Trinajstić information content (AvgIpc) is 4.13. The summed E-state index contributed by atoms with van der Waals surface area (Å²) >= 11 is 8.59. The number of hydrogen-bond donors (Lipinski definition) is 15. The van der Waals surface area contributed by atoms with Crippen molar-refractivity contribution in [2.24, 2.45) is 11.7 Å². The molecule has 0 saturated carbocycles. The predicted molar refractivity (Wildman–Crippen MR) is 318 cm³/mol. The monoisotopic (exact) mass is 1170 g/mol. The van der Waals surface area contributed by atoms with E-state index < -0.39 is 120 Å². The lowest BCUT2D eigenvalue weighted by Crippen LogP contribution is -2.62. The number of H-pyrrole nitrogens is 1. The number of rotatable bonds is 37. The Balaban J connectivity index is 1.42. The van der Waals surface area contributed by atoms with Gasteiger partial charge in [-0.2, -0.15) is 25.3 Å². The fourth-order valence-corrected chi connectivity index (χ4v) is 9.52. The van der Waals surface area contributed by atoms with Crippen molar-refractivity contribution in [3.63, 3.8) is 0 Å². The standard InChI is InChI=1S/C59H78N10O11S2/c1-36(72)42(32-70)31-62-50(34-81)53(74)54(75)52(37(2)73)67-57(78)47(27-39-18-8-4-9-19-39)65-55(76)46(24-14-15-25-60)64-56(77)48(29-41-30-61-45-23-13-12-22-44(41)45)66-58(79)49(28-40-20-10-5-11-21-40)68-69-51(35-82)59(80)63-43(33-71)26-38-16-6-3-7-17-38/h3-13,16-23,30,33,36-37,42-43,46-52,61-62,68-70,72-73,81-82H,14-15,24-29,31-32,34-35,60H2,1-2H3,(H,63,80)(H,64,77)(H,65,76)(H,66,79)(H,67,78)/t36?,37-,42?,43+,46?,47+,48+,49?,50-,51?,52+/m1/s1/i33D. The van der Waals surface area contributed by atoms with Gasteiger partial charge < -0.3 is 62.7 Å². The van der Waals surface area contributed by atoms with Crippen molar-refractivity contribution in [3.05, 3.63) is 144 Å². The number of amides is 5. The number of nitrogens with two attached hydrogens (primary N) is 1. The van der Waals surface area contributed by atoms with Crippen LogP contribution in [0.15, 0.2) is 121 Å². The molecule has 1 heterocycles. The van der Waals surface area contributed by atoms with Crippen LogP contribution >= 0.6 is 25.3 Å². The third-order valence-electron chi connectivity index (χ3n) is 13.8. The maximum atomic E-state index is 14.9. The Morgan fingerprint density at radius 1 is 0.585 bits per heavy atom. The van der Waals surface area contributed by atoms with Crippen LogP contribution in [0.1, 0.15) is 56.7 Å². The maximum Gasteiger partial charge on any atom is 0.243 e. The minimum Gasteiger partial charge on any atom is -0.396 e. The second-order valence-corrected chi connectivity index (χ2v) is 20.9. The average molecular weight is 1170 g/mol. The lowest BCUT2D eigenvalue weighted by atomic mass is 9.97. The molecule has 0 spiro atoms. The fraction of sp³-hybridized carbons (Fsp3) is 0.424. The van der Waals surface area contributed by atoms with E-state index in [1.807, 2.05) is 24.3 Å². The van der Waals surface area contributed by atoms with Crippen molar-refractivity contribution in [3.8, 4) is 0 Å². The summed E-state index contributed by atoms with van der Waals surface area (Å²) in [4.78, 5) is 115. The minimum atomic E-state index is -1.79. The van der Waals surface area contributed by atoms with Crippen LogP contribution in [0.25, 0.3) is 10.9 Å². The molecule has 0 saturated heterocycles. The molecular weight excluding hydrogens is 1090 g/mol. The predicted octanol–water partition coefficient (Wildman–Crippen LogP) is 0.348. The van der Waals surface area contributed by atoms with Gasteiger partial charge in [-0.05, 0) is 80.8 Å². The number of thiol groups is 2. The van der Waals surface area contributed by atoms with E-state index in [2.05, 4.69) is 73.0 Å². The molecule has 23 heteroatoms. The SMILES string of the molecule is [2H]C(=O)[C@H](Cc1ccccc1)NC(=O)C(CS)NNC(Cc1ccccc1)C(=O)N[C@@H](Cc1c[nH]c2ccccc12)C(=O)NC(CCCCN)C(=O)N[C@@H](Cc1ccccc1)C(=O)N[C@H](C(=O)C(=O)[C@@H](CS)NCC(CO)C(C)O)[C@@H](C)O. The molecule has 5 aromatic rings. The first-order valence-corrected chi connectivity index (χ1v) is 28.5. The van der Waals surface area contributed by atoms with Crippen molar-refractivity contribution in [2.45, 2.75) is 119 Å².